The Balaban J connectivity index is 1.90. The summed E-state index contributed by atoms with van der Waals surface area (Å²) < 4.78 is 6.83. The summed E-state index contributed by atoms with van der Waals surface area (Å²) in [5, 5.41) is 10.8. The minimum absolute atomic E-state index is 0.455. The average molecular weight is 262 g/mol. The van der Waals surface area contributed by atoms with Gasteiger partial charge in [-0.05, 0) is 13.0 Å². The van der Waals surface area contributed by atoms with Crippen molar-refractivity contribution < 1.29 is 4.74 Å². The molecule has 2 aromatic rings. The second-order valence-corrected chi connectivity index (χ2v) is 4.65. The lowest BCUT2D eigenvalue weighted by molar-refractivity contribution is 0.210. The Labute approximate surface area is 111 Å². The number of hydrogen-bond donors (Lipinski definition) is 2. The molecule has 102 valence electrons. The number of methoxy groups -OCH3 is 1. The summed E-state index contributed by atoms with van der Waals surface area (Å²) in [4.78, 5) is 8.93. The lowest BCUT2D eigenvalue weighted by Gasteiger charge is -2.12. The van der Waals surface area contributed by atoms with Crippen LogP contribution >= 0.6 is 0 Å². The lowest BCUT2D eigenvalue weighted by atomic mass is 10.1. The van der Waals surface area contributed by atoms with E-state index >= 15 is 0 Å². The Morgan fingerprint density at radius 2 is 2.53 bits per heavy atom. The molecule has 1 aliphatic rings. The molecule has 0 unspecified atom stereocenters. The van der Waals surface area contributed by atoms with Crippen molar-refractivity contribution >= 4 is 11.5 Å². The van der Waals surface area contributed by atoms with Crippen molar-refractivity contribution in [3.8, 4) is 0 Å². The molecule has 0 aromatic carbocycles. The number of nitrogens with one attached hydrogen (secondary N) is 2. The highest BCUT2D eigenvalue weighted by molar-refractivity contribution is 5.62. The van der Waals surface area contributed by atoms with Crippen molar-refractivity contribution in [2.45, 2.75) is 12.3 Å². The molecule has 1 fully saturated rings. The number of ether oxygens (including phenoxy) is 1. The molecule has 7 nitrogen and oxygen atoms in total. The summed E-state index contributed by atoms with van der Waals surface area (Å²) >= 11 is 0. The van der Waals surface area contributed by atoms with E-state index in [4.69, 9.17) is 9.72 Å². The van der Waals surface area contributed by atoms with Gasteiger partial charge >= 0.3 is 0 Å². The smallest absolute Gasteiger partial charge is 0.198 e. The number of anilines is 1. The van der Waals surface area contributed by atoms with Gasteiger partial charge in [-0.3, -0.25) is 0 Å². The zero-order valence-electron chi connectivity index (χ0n) is 11.0. The van der Waals surface area contributed by atoms with Crippen LogP contribution < -0.4 is 10.6 Å². The van der Waals surface area contributed by atoms with Crippen molar-refractivity contribution in [2.24, 2.45) is 0 Å². The molecule has 1 aliphatic heterocycles. The zero-order valence-corrected chi connectivity index (χ0v) is 11.0. The number of aromatic nitrogens is 4. The SMILES string of the molecule is COCCNc1nc([C@H]2CCNC2)cn2ncnc12. The van der Waals surface area contributed by atoms with E-state index in [1.165, 1.54) is 0 Å². The van der Waals surface area contributed by atoms with E-state index in [-0.39, 0.29) is 0 Å². The maximum absolute atomic E-state index is 5.04. The maximum atomic E-state index is 5.04. The van der Waals surface area contributed by atoms with E-state index < -0.39 is 0 Å². The zero-order chi connectivity index (χ0) is 13.1. The minimum atomic E-state index is 0.455. The van der Waals surface area contributed by atoms with Crippen LogP contribution in [0, 0.1) is 0 Å². The highest BCUT2D eigenvalue weighted by Crippen LogP contribution is 2.23. The fourth-order valence-electron chi connectivity index (χ4n) is 2.34. The van der Waals surface area contributed by atoms with E-state index in [1.54, 1.807) is 18.0 Å². The van der Waals surface area contributed by atoms with Crippen LogP contribution in [0.3, 0.4) is 0 Å². The van der Waals surface area contributed by atoms with Crippen LogP contribution in [-0.4, -0.2) is 52.9 Å². The van der Waals surface area contributed by atoms with E-state index in [1.807, 2.05) is 6.20 Å². The van der Waals surface area contributed by atoms with Gasteiger partial charge in [0.2, 0.25) is 0 Å². The number of nitrogens with zero attached hydrogens (tertiary/aromatic N) is 4. The van der Waals surface area contributed by atoms with E-state index in [0.717, 1.165) is 36.7 Å². The summed E-state index contributed by atoms with van der Waals surface area (Å²) in [5.41, 5.74) is 1.81. The van der Waals surface area contributed by atoms with Crippen LogP contribution in [0.15, 0.2) is 12.5 Å². The molecule has 0 amide bonds. The van der Waals surface area contributed by atoms with Gasteiger partial charge in [0.25, 0.3) is 0 Å². The topological polar surface area (TPSA) is 76.4 Å². The molecule has 19 heavy (non-hydrogen) atoms. The quantitative estimate of drug-likeness (QED) is 0.753. The number of hydrogen-bond acceptors (Lipinski definition) is 6. The van der Waals surface area contributed by atoms with Gasteiger partial charge < -0.3 is 15.4 Å². The molecule has 0 saturated carbocycles. The van der Waals surface area contributed by atoms with Gasteiger partial charge in [0.05, 0.1) is 18.5 Å². The number of fused-ring (bicyclic) bond motifs is 1. The second-order valence-electron chi connectivity index (χ2n) is 4.65. The first-order valence-corrected chi connectivity index (χ1v) is 6.52. The number of rotatable bonds is 5. The molecular weight excluding hydrogens is 244 g/mol. The Morgan fingerprint density at radius 3 is 3.32 bits per heavy atom. The Hall–Kier alpha value is -1.73. The lowest BCUT2D eigenvalue weighted by Crippen LogP contribution is -2.14. The van der Waals surface area contributed by atoms with E-state index in [2.05, 4.69) is 20.7 Å². The predicted molar refractivity (Wildman–Crippen MR) is 71.4 cm³/mol. The summed E-state index contributed by atoms with van der Waals surface area (Å²) in [6, 6.07) is 0. The Bertz CT molecular complexity index is 548. The molecule has 3 rings (SSSR count). The molecular formula is C12H18N6O. The average Bonchev–Trinajstić information content (AvgIpc) is 3.09. The van der Waals surface area contributed by atoms with Crippen molar-refractivity contribution in [3.05, 3.63) is 18.2 Å². The van der Waals surface area contributed by atoms with Gasteiger partial charge in [-0.25, -0.2) is 14.5 Å². The van der Waals surface area contributed by atoms with Crippen LogP contribution in [0.4, 0.5) is 5.82 Å². The second kappa shape index (κ2) is 5.50. The highest BCUT2D eigenvalue weighted by atomic mass is 16.5. The fourth-order valence-corrected chi connectivity index (χ4v) is 2.34. The van der Waals surface area contributed by atoms with Gasteiger partial charge in [-0.1, -0.05) is 0 Å². The molecule has 3 heterocycles. The van der Waals surface area contributed by atoms with Crippen LogP contribution in [0.25, 0.3) is 5.65 Å². The molecule has 2 aromatic heterocycles. The Kier molecular flexibility index (Phi) is 3.56. The Morgan fingerprint density at radius 1 is 1.58 bits per heavy atom. The fraction of sp³-hybridized carbons (Fsp3) is 0.583. The van der Waals surface area contributed by atoms with Crippen molar-refractivity contribution in [1.29, 1.82) is 0 Å². The third-order valence-electron chi connectivity index (χ3n) is 3.36. The van der Waals surface area contributed by atoms with Gasteiger partial charge in [0, 0.05) is 26.1 Å². The van der Waals surface area contributed by atoms with Gasteiger partial charge in [-0.15, -0.1) is 0 Å². The van der Waals surface area contributed by atoms with Gasteiger partial charge in [-0.2, -0.15) is 5.10 Å². The molecule has 0 spiro atoms. The first-order valence-electron chi connectivity index (χ1n) is 6.52. The van der Waals surface area contributed by atoms with Gasteiger partial charge in [0.15, 0.2) is 11.5 Å². The first-order chi connectivity index (χ1) is 9.38. The van der Waals surface area contributed by atoms with Crippen LogP contribution in [-0.2, 0) is 4.74 Å². The molecule has 0 radical (unpaired) electrons. The third-order valence-corrected chi connectivity index (χ3v) is 3.36. The first kappa shape index (κ1) is 12.3. The highest BCUT2D eigenvalue weighted by Gasteiger charge is 2.20. The predicted octanol–water partition coefficient (Wildman–Crippen LogP) is 0.259. The van der Waals surface area contributed by atoms with Crippen molar-refractivity contribution in [2.75, 3.05) is 38.7 Å². The largest absolute Gasteiger partial charge is 0.383 e. The molecule has 1 atom stereocenters. The molecule has 0 bridgehead atoms. The summed E-state index contributed by atoms with van der Waals surface area (Å²) in [7, 11) is 1.68. The van der Waals surface area contributed by atoms with Crippen molar-refractivity contribution in [1.82, 2.24) is 24.9 Å². The van der Waals surface area contributed by atoms with E-state index in [9.17, 15) is 0 Å². The van der Waals surface area contributed by atoms with E-state index in [0.29, 0.717) is 19.1 Å². The van der Waals surface area contributed by atoms with Crippen LogP contribution in [0.2, 0.25) is 0 Å². The van der Waals surface area contributed by atoms with Gasteiger partial charge in [0.1, 0.15) is 6.33 Å². The monoisotopic (exact) mass is 262 g/mol. The molecule has 2 N–H and O–H groups in total. The summed E-state index contributed by atoms with van der Waals surface area (Å²) in [5.74, 6) is 1.23. The maximum Gasteiger partial charge on any atom is 0.198 e. The molecule has 7 heteroatoms. The third kappa shape index (κ3) is 2.52. The van der Waals surface area contributed by atoms with Crippen LogP contribution in [0.5, 0.6) is 0 Å². The normalized spacial score (nSPS) is 19.1. The molecule has 0 aliphatic carbocycles. The minimum Gasteiger partial charge on any atom is -0.383 e. The van der Waals surface area contributed by atoms with Crippen molar-refractivity contribution in [3.63, 3.8) is 0 Å². The summed E-state index contributed by atoms with van der Waals surface area (Å²) in [6.45, 7) is 3.37. The molecule has 1 saturated heterocycles. The summed E-state index contributed by atoms with van der Waals surface area (Å²) in [6.07, 6.45) is 4.64. The van der Waals surface area contributed by atoms with Crippen LogP contribution in [0.1, 0.15) is 18.0 Å². The standard InChI is InChI=1S/C12H18N6O/c1-19-5-4-14-11-12-15-8-16-18(12)7-10(17-11)9-2-3-13-6-9/h7-9,13H,2-6H2,1H3,(H,14,17)/t9-/m0/s1.